The van der Waals surface area contributed by atoms with Crippen LogP contribution in [-0.4, -0.2) is 28.7 Å². The van der Waals surface area contributed by atoms with E-state index in [-0.39, 0.29) is 18.5 Å². The molecule has 1 saturated heterocycles. The second-order valence-corrected chi connectivity index (χ2v) is 5.98. The van der Waals surface area contributed by atoms with E-state index in [1.54, 1.807) is 17.0 Å². The lowest BCUT2D eigenvalue weighted by atomic mass is 9.94. The molecule has 1 fully saturated rings. The summed E-state index contributed by atoms with van der Waals surface area (Å²) < 4.78 is 18.5. The lowest BCUT2D eigenvalue weighted by Crippen LogP contribution is -2.42. The number of likely N-dealkylation sites (tertiary alicyclic amines) is 1. The summed E-state index contributed by atoms with van der Waals surface area (Å²) in [5, 5.41) is 9.95. The molecule has 1 aliphatic heterocycles. The zero-order valence-corrected chi connectivity index (χ0v) is 13.3. The van der Waals surface area contributed by atoms with Crippen molar-refractivity contribution in [2.45, 2.75) is 31.6 Å². The number of amides is 1. The summed E-state index contributed by atoms with van der Waals surface area (Å²) in [5.41, 5.74) is 1.72. The zero-order chi connectivity index (χ0) is 16.9. The molecule has 0 saturated carbocycles. The molecule has 0 unspecified atom stereocenters. The number of nitrogens with zero attached hydrogens (tertiary/aromatic N) is 1. The van der Waals surface area contributed by atoms with Crippen LogP contribution < -0.4 is 0 Å². The highest BCUT2D eigenvalue weighted by Crippen LogP contribution is 2.31. The van der Waals surface area contributed by atoms with Crippen molar-refractivity contribution >= 4 is 6.09 Å². The first kappa shape index (κ1) is 16.5. The van der Waals surface area contributed by atoms with Crippen LogP contribution >= 0.6 is 0 Å². The van der Waals surface area contributed by atoms with Crippen LogP contribution in [0.4, 0.5) is 9.18 Å². The van der Waals surface area contributed by atoms with E-state index in [2.05, 4.69) is 0 Å². The first-order chi connectivity index (χ1) is 11.6. The summed E-state index contributed by atoms with van der Waals surface area (Å²) >= 11 is 0. The highest BCUT2D eigenvalue weighted by molar-refractivity contribution is 5.68. The van der Waals surface area contributed by atoms with Crippen LogP contribution in [0.25, 0.3) is 0 Å². The number of rotatable bonds is 3. The number of carbonyl (C=O) groups is 1. The number of aliphatic hydroxyl groups is 1. The molecule has 0 bridgehead atoms. The fourth-order valence-corrected chi connectivity index (χ4v) is 2.97. The fourth-order valence-electron chi connectivity index (χ4n) is 2.97. The van der Waals surface area contributed by atoms with Gasteiger partial charge in [0, 0.05) is 6.54 Å². The van der Waals surface area contributed by atoms with E-state index in [1.165, 1.54) is 12.1 Å². The van der Waals surface area contributed by atoms with Crippen LogP contribution in [-0.2, 0) is 11.3 Å². The third kappa shape index (κ3) is 3.92. The third-order valence-corrected chi connectivity index (χ3v) is 4.27. The van der Waals surface area contributed by atoms with Gasteiger partial charge in [-0.15, -0.1) is 0 Å². The molecular formula is C19H20FNO3. The van der Waals surface area contributed by atoms with Crippen molar-refractivity contribution in [2.75, 3.05) is 6.54 Å². The molecule has 4 nitrogen and oxygen atoms in total. The van der Waals surface area contributed by atoms with Crippen molar-refractivity contribution in [1.82, 2.24) is 4.90 Å². The smallest absolute Gasteiger partial charge is 0.410 e. The van der Waals surface area contributed by atoms with Crippen LogP contribution in [0.1, 0.15) is 30.0 Å². The lowest BCUT2D eigenvalue weighted by Gasteiger charge is -2.37. The van der Waals surface area contributed by atoms with Crippen molar-refractivity contribution in [2.24, 2.45) is 0 Å². The Morgan fingerprint density at radius 3 is 2.58 bits per heavy atom. The molecule has 0 aliphatic carbocycles. The van der Waals surface area contributed by atoms with Gasteiger partial charge in [0.1, 0.15) is 12.4 Å². The molecule has 0 spiro atoms. The average molecular weight is 329 g/mol. The maximum atomic E-state index is 13.1. The molecule has 126 valence electrons. The molecule has 1 N–H and O–H groups in total. The Morgan fingerprint density at radius 1 is 1.17 bits per heavy atom. The van der Waals surface area contributed by atoms with Gasteiger partial charge in [-0.05, 0) is 36.1 Å². The third-order valence-electron chi connectivity index (χ3n) is 4.27. The maximum absolute atomic E-state index is 13.1. The summed E-state index contributed by atoms with van der Waals surface area (Å²) in [5.74, 6) is -0.326. The molecule has 24 heavy (non-hydrogen) atoms. The topological polar surface area (TPSA) is 49.8 Å². The lowest BCUT2D eigenvalue weighted by molar-refractivity contribution is 0.0259. The van der Waals surface area contributed by atoms with E-state index < -0.39 is 12.2 Å². The van der Waals surface area contributed by atoms with Gasteiger partial charge in [0.2, 0.25) is 0 Å². The number of aliphatic hydroxyl groups excluding tert-OH is 1. The summed E-state index contributed by atoms with van der Waals surface area (Å²) in [6.07, 6.45) is 0.0443. The number of piperidine rings is 1. The number of carbonyl (C=O) groups excluding carboxylic acids is 1. The van der Waals surface area contributed by atoms with Crippen LogP contribution in [0.2, 0.25) is 0 Å². The quantitative estimate of drug-likeness (QED) is 0.935. The predicted molar refractivity (Wildman–Crippen MR) is 87.7 cm³/mol. The summed E-state index contributed by atoms with van der Waals surface area (Å²) in [6.45, 7) is 0.617. The Hall–Kier alpha value is -2.40. The van der Waals surface area contributed by atoms with Crippen LogP contribution in [0.15, 0.2) is 54.6 Å². The van der Waals surface area contributed by atoms with Gasteiger partial charge in [-0.1, -0.05) is 42.5 Å². The van der Waals surface area contributed by atoms with E-state index in [9.17, 15) is 14.3 Å². The average Bonchev–Trinajstić information content (AvgIpc) is 2.61. The van der Waals surface area contributed by atoms with Crippen molar-refractivity contribution in [3.05, 3.63) is 71.5 Å². The first-order valence-electron chi connectivity index (χ1n) is 8.04. The van der Waals surface area contributed by atoms with Gasteiger partial charge in [-0.25, -0.2) is 9.18 Å². The van der Waals surface area contributed by atoms with Gasteiger partial charge in [0.25, 0.3) is 0 Å². The van der Waals surface area contributed by atoms with E-state index in [4.69, 9.17) is 4.74 Å². The second-order valence-electron chi connectivity index (χ2n) is 5.98. The normalized spacial score (nSPS) is 20.7. The Kier molecular flexibility index (Phi) is 5.11. The summed E-state index contributed by atoms with van der Waals surface area (Å²) in [6, 6.07) is 15.2. The highest BCUT2D eigenvalue weighted by atomic mass is 19.1. The minimum absolute atomic E-state index is 0.203. The molecule has 2 atom stereocenters. The molecule has 2 aromatic carbocycles. The molecule has 5 heteroatoms. The number of hydrogen-bond donors (Lipinski definition) is 1. The van der Waals surface area contributed by atoms with Crippen molar-refractivity contribution < 1.29 is 19.0 Å². The minimum atomic E-state index is -0.474. The monoisotopic (exact) mass is 329 g/mol. The Labute approximate surface area is 140 Å². The van der Waals surface area contributed by atoms with Crippen molar-refractivity contribution in [3.8, 4) is 0 Å². The van der Waals surface area contributed by atoms with E-state index >= 15 is 0 Å². The first-order valence-corrected chi connectivity index (χ1v) is 8.04. The Balaban J connectivity index is 1.71. The van der Waals surface area contributed by atoms with E-state index in [0.29, 0.717) is 19.4 Å². The molecule has 1 amide bonds. The van der Waals surface area contributed by atoms with Gasteiger partial charge in [-0.2, -0.15) is 0 Å². The largest absolute Gasteiger partial charge is 0.445 e. The minimum Gasteiger partial charge on any atom is -0.445 e. The zero-order valence-electron chi connectivity index (χ0n) is 13.3. The summed E-state index contributed by atoms with van der Waals surface area (Å²) in [7, 11) is 0. The highest BCUT2D eigenvalue weighted by Gasteiger charge is 2.32. The van der Waals surface area contributed by atoms with Crippen LogP contribution in [0, 0.1) is 5.82 Å². The van der Waals surface area contributed by atoms with Gasteiger partial charge in [-0.3, -0.25) is 0 Å². The van der Waals surface area contributed by atoms with Gasteiger partial charge < -0.3 is 14.7 Å². The van der Waals surface area contributed by atoms with Gasteiger partial charge in [0.05, 0.1) is 12.1 Å². The van der Waals surface area contributed by atoms with E-state index in [1.807, 2.05) is 30.3 Å². The number of ether oxygens (including phenoxy) is 1. The van der Waals surface area contributed by atoms with Crippen molar-refractivity contribution in [3.63, 3.8) is 0 Å². The summed E-state index contributed by atoms with van der Waals surface area (Å²) in [4.78, 5) is 14.1. The van der Waals surface area contributed by atoms with Gasteiger partial charge >= 0.3 is 6.09 Å². The molecule has 0 radical (unpaired) electrons. The van der Waals surface area contributed by atoms with Gasteiger partial charge in [0.15, 0.2) is 0 Å². The molecule has 0 aromatic heterocycles. The number of hydrogen-bond acceptors (Lipinski definition) is 3. The van der Waals surface area contributed by atoms with E-state index in [0.717, 1.165) is 11.1 Å². The molecule has 1 heterocycles. The molecular weight excluding hydrogens is 309 g/mol. The maximum Gasteiger partial charge on any atom is 0.410 e. The van der Waals surface area contributed by atoms with Crippen molar-refractivity contribution in [1.29, 1.82) is 0 Å². The standard InChI is InChI=1S/C19H20FNO3/c20-16-8-6-15(7-9-16)18-12-17(22)10-11-21(18)19(23)24-13-14-4-2-1-3-5-14/h1-9,17-18,22H,10-13H2/t17-,18+/m0/s1. The van der Waals surface area contributed by atoms with Crippen LogP contribution in [0.5, 0.6) is 0 Å². The second kappa shape index (κ2) is 7.45. The Bertz CT molecular complexity index is 675. The number of benzene rings is 2. The van der Waals surface area contributed by atoms with Crippen LogP contribution in [0.3, 0.4) is 0 Å². The molecule has 2 aromatic rings. The molecule has 3 rings (SSSR count). The Morgan fingerprint density at radius 2 is 1.88 bits per heavy atom. The predicted octanol–water partition coefficient (Wildman–Crippen LogP) is 3.66. The SMILES string of the molecule is O=C(OCc1ccccc1)N1CC[C@H](O)C[C@@H]1c1ccc(F)cc1. The number of halogens is 1. The fraction of sp³-hybridized carbons (Fsp3) is 0.316. The molecule has 1 aliphatic rings.